The summed E-state index contributed by atoms with van der Waals surface area (Å²) in [6, 6.07) is 0.491. The van der Waals surface area contributed by atoms with E-state index in [0.29, 0.717) is 24.3 Å². The van der Waals surface area contributed by atoms with Crippen molar-refractivity contribution in [1.82, 2.24) is 19.8 Å². The number of aliphatic hydroxyl groups excluding tert-OH is 1. The van der Waals surface area contributed by atoms with Crippen molar-refractivity contribution in [1.29, 1.82) is 0 Å². The molecule has 3 fully saturated rings. The van der Waals surface area contributed by atoms with Gasteiger partial charge in [-0.25, -0.2) is 4.98 Å². The van der Waals surface area contributed by atoms with E-state index in [2.05, 4.69) is 14.9 Å². The van der Waals surface area contributed by atoms with Gasteiger partial charge in [-0.1, -0.05) is 0 Å². The SMILES string of the molecule is O=C(c1cnccn1)N1CCC(N2C[C@H]3COC[C@@]3(CO)C2)CC1. The minimum atomic E-state index is -0.0629. The van der Waals surface area contributed by atoms with Crippen molar-refractivity contribution in [3.8, 4) is 0 Å². The summed E-state index contributed by atoms with van der Waals surface area (Å²) in [6.45, 7) is 5.07. The van der Waals surface area contributed by atoms with Gasteiger partial charge in [0, 0.05) is 55.9 Å². The van der Waals surface area contributed by atoms with Crippen molar-refractivity contribution in [3.05, 3.63) is 24.3 Å². The molecule has 0 spiro atoms. The molecule has 2 atom stereocenters. The van der Waals surface area contributed by atoms with Crippen molar-refractivity contribution in [2.45, 2.75) is 18.9 Å². The quantitative estimate of drug-likeness (QED) is 0.841. The van der Waals surface area contributed by atoms with E-state index in [9.17, 15) is 9.90 Å². The average Bonchev–Trinajstić information content (AvgIpc) is 3.19. The molecule has 1 aromatic heterocycles. The summed E-state index contributed by atoms with van der Waals surface area (Å²) in [5, 5.41) is 9.81. The molecule has 0 radical (unpaired) electrons. The lowest BCUT2D eigenvalue weighted by Gasteiger charge is -2.37. The molecule has 4 rings (SSSR count). The van der Waals surface area contributed by atoms with Gasteiger partial charge >= 0.3 is 0 Å². The molecule has 7 nitrogen and oxygen atoms in total. The van der Waals surface area contributed by atoms with Crippen molar-refractivity contribution in [3.63, 3.8) is 0 Å². The highest BCUT2D eigenvalue weighted by Crippen LogP contribution is 2.42. The highest BCUT2D eigenvalue weighted by molar-refractivity contribution is 5.92. The first-order chi connectivity index (χ1) is 11.7. The van der Waals surface area contributed by atoms with Gasteiger partial charge in [-0.3, -0.25) is 14.7 Å². The van der Waals surface area contributed by atoms with Crippen molar-refractivity contribution in [2.24, 2.45) is 11.3 Å². The molecule has 130 valence electrons. The van der Waals surface area contributed by atoms with E-state index < -0.39 is 0 Å². The lowest BCUT2D eigenvalue weighted by molar-refractivity contribution is 0.0515. The van der Waals surface area contributed by atoms with E-state index in [0.717, 1.165) is 45.6 Å². The van der Waals surface area contributed by atoms with Gasteiger partial charge in [-0.2, -0.15) is 0 Å². The molecular formula is C17H24N4O3. The Morgan fingerprint density at radius 2 is 2.21 bits per heavy atom. The van der Waals surface area contributed by atoms with E-state index in [1.807, 2.05) is 4.90 Å². The maximum atomic E-state index is 12.4. The predicted octanol–water partition coefficient (Wildman–Crippen LogP) is 0.0219. The van der Waals surface area contributed by atoms with Crippen LogP contribution in [0.2, 0.25) is 0 Å². The maximum Gasteiger partial charge on any atom is 0.274 e. The highest BCUT2D eigenvalue weighted by Gasteiger charge is 2.51. The lowest BCUT2D eigenvalue weighted by atomic mass is 9.82. The zero-order valence-corrected chi connectivity index (χ0v) is 13.8. The summed E-state index contributed by atoms with van der Waals surface area (Å²) < 4.78 is 5.59. The van der Waals surface area contributed by atoms with E-state index in [4.69, 9.17) is 4.74 Å². The fourth-order valence-corrected chi connectivity index (χ4v) is 4.38. The molecule has 4 heterocycles. The van der Waals surface area contributed by atoms with Gasteiger partial charge in [-0.05, 0) is 12.8 Å². The van der Waals surface area contributed by atoms with Crippen LogP contribution in [0, 0.1) is 11.3 Å². The smallest absolute Gasteiger partial charge is 0.274 e. The molecule has 0 aliphatic carbocycles. The van der Waals surface area contributed by atoms with E-state index in [1.54, 1.807) is 12.4 Å². The molecule has 1 amide bonds. The number of amides is 1. The molecule has 1 aromatic rings. The van der Waals surface area contributed by atoms with Gasteiger partial charge in [0.15, 0.2) is 0 Å². The molecule has 7 heteroatoms. The van der Waals surface area contributed by atoms with Crippen LogP contribution in [0.15, 0.2) is 18.6 Å². The van der Waals surface area contributed by atoms with Gasteiger partial charge in [0.25, 0.3) is 5.91 Å². The second-order valence-electron chi connectivity index (χ2n) is 7.28. The summed E-state index contributed by atoms with van der Waals surface area (Å²) in [4.78, 5) is 24.9. The Morgan fingerprint density at radius 3 is 2.88 bits per heavy atom. The highest BCUT2D eigenvalue weighted by atomic mass is 16.5. The van der Waals surface area contributed by atoms with Crippen LogP contribution in [0.5, 0.6) is 0 Å². The van der Waals surface area contributed by atoms with Crippen LogP contribution in [-0.4, -0.2) is 82.8 Å². The summed E-state index contributed by atoms with van der Waals surface area (Å²) in [6.07, 6.45) is 6.61. The monoisotopic (exact) mass is 332 g/mol. The fraction of sp³-hybridized carbons (Fsp3) is 0.706. The van der Waals surface area contributed by atoms with E-state index in [1.165, 1.54) is 6.20 Å². The van der Waals surface area contributed by atoms with Crippen LogP contribution >= 0.6 is 0 Å². The molecular weight excluding hydrogens is 308 g/mol. The number of fused-ring (bicyclic) bond motifs is 1. The third kappa shape index (κ3) is 2.70. The number of aromatic nitrogens is 2. The second-order valence-corrected chi connectivity index (χ2v) is 7.28. The molecule has 0 aromatic carbocycles. The van der Waals surface area contributed by atoms with Crippen LogP contribution in [0.1, 0.15) is 23.3 Å². The summed E-state index contributed by atoms with van der Waals surface area (Å²) >= 11 is 0. The molecule has 3 aliphatic heterocycles. The van der Waals surface area contributed by atoms with Crippen molar-refractivity contribution in [2.75, 3.05) is 46.0 Å². The number of likely N-dealkylation sites (tertiary alicyclic amines) is 2. The third-order valence-electron chi connectivity index (χ3n) is 5.91. The first-order valence-electron chi connectivity index (χ1n) is 8.70. The van der Waals surface area contributed by atoms with Crippen molar-refractivity contribution >= 4 is 5.91 Å². The van der Waals surface area contributed by atoms with Crippen molar-refractivity contribution < 1.29 is 14.6 Å². The normalized spacial score (nSPS) is 31.4. The van der Waals surface area contributed by atoms with Gasteiger partial charge < -0.3 is 14.7 Å². The average molecular weight is 332 g/mol. The standard InChI is InChI=1S/C17H24N4O3/c22-11-17-10-21(8-13(17)9-24-12-17)14-1-5-20(6-2-14)16(23)15-7-18-3-4-19-15/h3-4,7,13-14,22H,1-2,5-6,8-12H2/t13-,17-/m0/s1. The summed E-state index contributed by atoms with van der Waals surface area (Å²) in [7, 11) is 0. The summed E-state index contributed by atoms with van der Waals surface area (Å²) in [5.74, 6) is 0.418. The van der Waals surface area contributed by atoms with Gasteiger partial charge in [0.2, 0.25) is 0 Å². The number of aliphatic hydroxyl groups is 1. The Kier molecular flexibility index (Phi) is 4.24. The number of nitrogens with zero attached hydrogens (tertiary/aromatic N) is 4. The third-order valence-corrected chi connectivity index (χ3v) is 5.91. The van der Waals surface area contributed by atoms with Crippen LogP contribution < -0.4 is 0 Å². The summed E-state index contributed by atoms with van der Waals surface area (Å²) in [5.41, 5.74) is 0.357. The first-order valence-corrected chi connectivity index (χ1v) is 8.70. The van der Waals surface area contributed by atoms with Crippen LogP contribution in [0.3, 0.4) is 0 Å². The van der Waals surface area contributed by atoms with Crippen LogP contribution in [-0.2, 0) is 4.74 Å². The molecule has 0 saturated carbocycles. The molecule has 3 aliphatic rings. The molecule has 1 N–H and O–H groups in total. The Labute approximate surface area is 141 Å². The number of carbonyl (C=O) groups excluding carboxylic acids is 1. The van der Waals surface area contributed by atoms with Crippen LogP contribution in [0.25, 0.3) is 0 Å². The Bertz CT molecular complexity index is 591. The Balaban J connectivity index is 1.35. The van der Waals surface area contributed by atoms with Gasteiger partial charge in [-0.15, -0.1) is 0 Å². The molecule has 3 saturated heterocycles. The zero-order valence-electron chi connectivity index (χ0n) is 13.8. The number of ether oxygens (including phenoxy) is 1. The minimum absolute atomic E-state index is 0.0277. The van der Waals surface area contributed by atoms with Gasteiger partial charge in [0.05, 0.1) is 26.0 Å². The fourth-order valence-electron chi connectivity index (χ4n) is 4.38. The zero-order chi connectivity index (χ0) is 16.6. The number of carbonyl (C=O) groups is 1. The Morgan fingerprint density at radius 1 is 1.38 bits per heavy atom. The molecule has 0 unspecified atom stereocenters. The number of piperidine rings is 1. The van der Waals surface area contributed by atoms with Crippen LogP contribution in [0.4, 0.5) is 0 Å². The van der Waals surface area contributed by atoms with E-state index in [-0.39, 0.29) is 17.9 Å². The largest absolute Gasteiger partial charge is 0.396 e. The number of rotatable bonds is 3. The predicted molar refractivity (Wildman–Crippen MR) is 86.4 cm³/mol. The first kappa shape index (κ1) is 15.9. The second kappa shape index (κ2) is 6.38. The Hall–Kier alpha value is -1.57. The van der Waals surface area contributed by atoms with E-state index >= 15 is 0 Å². The number of hydrogen-bond acceptors (Lipinski definition) is 6. The molecule has 0 bridgehead atoms. The lowest BCUT2D eigenvalue weighted by Crippen LogP contribution is -2.47. The van der Waals surface area contributed by atoms with Gasteiger partial charge in [0.1, 0.15) is 5.69 Å². The molecule has 24 heavy (non-hydrogen) atoms. The number of hydrogen-bond donors (Lipinski definition) is 1. The minimum Gasteiger partial charge on any atom is -0.396 e. The topological polar surface area (TPSA) is 78.8 Å². The maximum absolute atomic E-state index is 12.4.